The van der Waals surface area contributed by atoms with Crippen molar-refractivity contribution >= 4 is 29.0 Å². The van der Waals surface area contributed by atoms with Crippen molar-refractivity contribution in [3.63, 3.8) is 0 Å². The lowest BCUT2D eigenvalue weighted by Gasteiger charge is -2.19. The predicted molar refractivity (Wildman–Crippen MR) is 101 cm³/mol. The van der Waals surface area contributed by atoms with E-state index in [1.54, 1.807) is 29.2 Å². The van der Waals surface area contributed by atoms with Crippen LogP contribution in [-0.4, -0.2) is 24.1 Å². The van der Waals surface area contributed by atoms with Gasteiger partial charge in [0, 0.05) is 29.9 Å². The lowest BCUT2D eigenvalue weighted by atomic mass is 10.1. The zero-order valence-electron chi connectivity index (χ0n) is 15.2. The molecule has 0 aromatic heterocycles. The van der Waals surface area contributed by atoms with Crippen LogP contribution in [0.1, 0.15) is 34.8 Å². The molecule has 26 heavy (non-hydrogen) atoms. The van der Waals surface area contributed by atoms with E-state index in [-0.39, 0.29) is 24.0 Å². The number of nitrogens with zero attached hydrogens (tertiary/aromatic N) is 1. The Kier molecular flexibility index (Phi) is 4.89. The molecule has 1 atom stereocenters. The number of nitrogens with one attached hydrogen (secondary N) is 1. The molecule has 0 bridgehead atoms. The van der Waals surface area contributed by atoms with E-state index in [4.69, 9.17) is 0 Å². The third-order valence-electron chi connectivity index (χ3n) is 4.69. The molecule has 2 aromatic rings. The van der Waals surface area contributed by atoms with Gasteiger partial charge in [-0.25, -0.2) is 0 Å². The molecule has 1 N–H and O–H groups in total. The highest BCUT2D eigenvalue weighted by atomic mass is 16.2. The minimum atomic E-state index is -0.414. The van der Waals surface area contributed by atoms with Gasteiger partial charge in [-0.05, 0) is 50.1 Å². The van der Waals surface area contributed by atoms with Crippen LogP contribution in [0.5, 0.6) is 0 Å². The lowest BCUT2D eigenvalue weighted by Crippen LogP contribution is -2.28. The van der Waals surface area contributed by atoms with Crippen LogP contribution in [0.15, 0.2) is 42.5 Å². The van der Waals surface area contributed by atoms with E-state index in [0.717, 1.165) is 16.8 Å². The number of hydrogen-bond donors (Lipinski definition) is 1. The third-order valence-corrected chi connectivity index (χ3v) is 4.69. The van der Waals surface area contributed by atoms with Gasteiger partial charge in [0.2, 0.25) is 11.8 Å². The zero-order chi connectivity index (χ0) is 18.8. The van der Waals surface area contributed by atoms with Crippen molar-refractivity contribution in [2.24, 2.45) is 5.92 Å². The largest absolute Gasteiger partial charge is 0.326 e. The highest BCUT2D eigenvalue weighted by Gasteiger charge is 2.35. The molecule has 0 saturated carbocycles. The first-order valence-corrected chi connectivity index (χ1v) is 8.64. The van der Waals surface area contributed by atoms with Crippen LogP contribution in [0.3, 0.4) is 0 Å². The summed E-state index contributed by atoms with van der Waals surface area (Å²) in [5.74, 6) is -0.718. The van der Waals surface area contributed by atoms with Crippen LogP contribution in [-0.2, 0) is 9.59 Å². The van der Waals surface area contributed by atoms with E-state index in [2.05, 4.69) is 5.32 Å². The van der Waals surface area contributed by atoms with Gasteiger partial charge in [-0.1, -0.05) is 24.3 Å². The van der Waals surface area contributed by atoms with Crippen LogP contribution >= 0.6 is 0 Å². The summed E-state index contributed by atoms with van der Waals surface area (Å²) >= 11 is 0. The number of anilines is 2. The maximum atomic E-state index is 12.6. The average molecular weight is 350 g/mol. The van der Waals surface area contributed by atoms with Crippen molar-refractivity contribution in [3.8, 4) is 0 Å². The first kappa shape index (κ1) is 17.9. The third kappa shape index (κ3) is 3.67. The standard InChI is InChI=1S/C21H22N2O3/c1-13-7-8-14(2)19(9-13)23-12-17(11-20(23)25)21(26)22-18-6-4-5-16(10-18)15(3)24/h4-10,17H,11-12H2,1-3H3,(H,22,26)/t17-/m0/s1. The van der Waals surface area contributed by atoms with E-state index in [0.29, 0.717) is 17.8 Å². The molecule has 0 radical (unpaired) electrons. The van der Waals surface area contributed by atoms with Crippen molar-refractivity contribution in [2.75, 3.05) is 16.8 Å². The Hall–Kier alpha value is -2.95. The van der Waals surface area contributed by atoms with Crippen molar-refractivity contribution in [3.05, 3.63) is 59.2 Å². The smallest absolute Gasteiger partial charge is 0.229 e. The lowest BCUT2D eigenvalue weighted by molar-refractivity contribution is -0.122. The molecule has 0 spiro atoms. The summed E-state index contributed by atoms with van der Waals surface area (Å²) in [5.41, 5.74) is 4.07. The normalized spacial score (nSPS) is 16.7. The van der Waals surface area contributed by atoms with Crippen LogP contribution in [0.2, 0.25) is 0 Å². The van der Waals surface area contributed by atoms with Crippen LogP contribution in [0, 0.1) is 19.8 Å². The molecule has 5 nitrogen and oxygen atoms in total. The Balaban J connectivity index is 1.74. The maximum absolute atomic E-state index is 12.6. The van der Waals surface area contributed by atoms with Crippen molar-refractivity contribution in [1.29, 1.82) is 0 Å². The number of amides is 2. The maximum Gasteiger partial charge on any atom is 0.229 e. The summed E-state index contributed by atoms with van der Waals surface area (Å²) < 4.78 is 0. The molecule has 3 rings (SSSR count). The SMILES string of the molecule is CC(=O)c1cccc(NC(=O)[C@H]2CC(=O)N(c3cc(C)ccc3C)C2)c1. The van der Waals surface area contributed by atoms with Gasteiger partial charge in [-0.3, -0.25) is 14.4 Å². The Morgan fingerprint density at radius 1 is 1.12 bits per heavy atom. The summed E-state index contributed by atoms with van der Waals surface area (Å²) in [4.78, 5) is 38.2. The topological polar surface area (TPSA) is 66.5 Å². The molecular weight excluding hydrogens is 328 g/mol. The monoisotopic (exact) mass is 350 g/mol. The Morgan fingerprint density at radius 2 is 1.88 bits per heavy atom. The van der Waals surface area contributed by atoms with Crippen molar-refractivity contribution in [2.45, 2.75) is 27.2 Å². The number of carbonyl (C=O) groups is 3. The summed E-state index contributed by atoms with van der Waals surface area (Å²) in [6, 6.07) is 12.8. The fourth-order valence-electron chi connectivity index (χ4n) is 3.19. The number of rotatable bonds is 4. The molecule has 1 saturated heterocycles. The highest BCUT2D eigenvalue weighted by Crippen LogP contribution is 2.29. The Labute approximate surface area is 153 Å². The second-order valence-corrected chi connectivity index (χ2v) is 6.82. The average Bonchev–Trinajstić information content (AvgIpc) is 2.99. The number of aryl methyl sites for hydroxylation is 2. The first-order chi connectivity index (χ1) is 12.3. The van der Waals surface area contributed by atoms with Gasteiger partial charge in [-0.2, -0.15) is 0 Å². The second-order valence-electron chi connectivity index (χ2n) is 6.82. The summed E-state index contributed by atoms with van der Waals surface area (Å²) in [5, 5.41) is 2.83. The molecule has 134 valence electrons. The molecule has 1 heterocycles. The van der Waals surface area contributed by atoms with Gasteiger partial charge < -0.3 is 10.2 Å². The number of carbonyl (C=O) groups excluding carboxylic acids is 3. The molecule has 2 aromatic carbocycles. The molecule has 1 fully saturated rings. The Morgan fingerprint density at radius 3 is 2.62 bits per heavy atom. The van der Waals surface area contributed by atoms with Gasteiger partial charge in [0.15, 0.2) is 5.78 Å². The fraction of sp³-hybridized carbons (Fsp3) is 0.286. The second kappa shape index (κ2) is 7.12. The van der Waals surface area contributed by atoms with Gasteiger partial charge in [0.25, 0.3) is 0 Å². The first-order valence-electron chi connectivity index (χ1n) is 8.64. The van der Waals surface area contributed by atoms with E-state index >= 15 is 0 Å². The molecular formula is C21H22N2O3. The van der Waals surface area contributed by atoms with Crippen LogP contribution < -0.4 is 10.2 Å². The van der Waals surface area contributed by atoms with Gasteiger partial charge in [0.1, 0.15) is 0 Å². The summed E-state index contributed by atoms with van der Waals surface area (Å²) in [7, 11) is 0. The van der Waals surface area contributed by atoms with Crippen LogP contribution in [0.4, 0.5) is 11.4 Å². The highest BCUT2D eigenvalue weighted by molar-refractivity contribution is 6.04. The fourth-order valence-corrected chi connectivity index (χ4v) is 3.19. The summed E-state index contributed by atoms with van der Waals surface area (Å²) in [6.45, 7) is 5.79. The van der Waals surface area contributed by atoms with Gasteiger partial charge in [0.05, 0.1) is 5.92 Å². The van der Waals surface area contributed by atoms with E-state index in [1.165, 1.54) is 6.92 Å². The van der Waals surface area contributed by atoms with Gasteiger partial charge >= 0.3 is 0 Å². The zero-order valence-corrected chi connectivity index (χ0v) is 15.2. The quantitative estimate of drug-likeness (QED) is 0.858. The summed E-state index contributed by atoms with van der Waals surface area (Å²) in [6.07, 6.45) is 0.186. The molecule has 2 amide bonds. The minimum Gasteiger partial charge on any atom is -0.326 e. The van der Waals surface area contributed by atoms with Crippen LogP contribution in [0.25, 0.3) is 0 Å². The predicted octanol–water partition coefficient (Wildman–Crippen LogP) is 3.50. The molecule has 5 heteroatoms. The van der Waals surface area contributed by atoms with Crippen molar-refractivity contribution in [1.82, 2.24) is 0 Å². The van der Waals surface area contributed by atoms with E-state index in [1.807, 2.05) is 32.0 Å². The molecule has 1 aliphatic heterocycles. The van der Waals surface area contributed by atoms with Crippen molar-refractivity contribution < 1.29 is 14.4 Å². The van der Waals surface area contributed by atoms with E-state index < -0.39 is 5.92 Å². The minimum absolute atomic E-state index is 0.0451. The number of benzene rings is 2. The van der Waals surface area contributed by atoms with E-state index in [9.17, 15) is 14.4 Å². The van der Waals surface area contributed by atoms with Gasteiger partial charge in [-0.15, -0.1) is 0 Å². The number of hydrogen-bond acceptors (Lipinski definition) is 3. The number of Topliss-reactive ketones (excluding diaryl/α,β-unsaturated/α-hetero) is 1. The molecule has 0 aliphatic carbocycles. The number of ketones is 1. The Bertz CT molecular complexity index is 889. The molecule has 1 aliphatic rings. The molecule has 0 unspecified atom stereocenters.